The molecular weight excluding hydrogens is 357 g/mol. The number of halogens is 1. The number of Topliss-reactive ketones (excluding diaryl/α,β-unsaturated/α-hetero) is 1. The lowest BCUT2D eigenvalue weighted by Gasteiger charge is -2.33. The van der Waals surface area contributed by atoms with E-state index in [2.05, 4.69) is 4.90 Å². The molecule has 0 radical (unpaired) electrons. The number of amides is 1. The van der Waals surface area contributed by atoms with E-state index < -0.39 is 0 Å². The molecule has 0 aromatic heterocycles. The number of carbonyl (C=O) groups excluding carboxylic acids is 2. The van der Waals surface area contributed by atoms with Gasteiger partial charge in [-0.1, -0.05) is 12.1 Å². The summed E-state index contributed by atoms with van der Waals surface area (Å²) >= 11 is 0. The topological polar surface area (TPSA) is 45.1 Å². The van der Waals surface area contributed by atoms with Crippen molar-refractivity contribution < 1.29 is 18.9 Å². The molecule has 2 aromatic carbocycles. The summed E-state index contributed by atoms with van der Waals surface area (Å²) in [6, 6.07) is 12.5. The third-order valence-corrected chi connectivity index (χ3v) is 5.75. The van der Waals surface area contributed by atoms with Gasteiger partial charge in [0.15, 0.2) is 0 Å². The van der Waals surface area contributed by atoms with Gasteiger partial charge in [0.1, 0.15) is 12.4 Å². The van der Waals surface area contributed by atoms with E-state index in [1.807, 2.05) is 24.3 Å². The van der Waals surface area contributed by atoms with Gasteiger partial charge in [0, 0.05) is 24.7 Å². The highest BCUT2D eigenvalue weighted by atomic mass is 19.1. The molecule has 2 aromatic rings. The fourth-order valence-electron chi connectivity index (χ4n) is 4.18. The number of fused-ring (bicyclic) bond motifs is 1. The fraction of sp³-hybridized carbons (Fsp3) is 0.364. The largest absolute Gasteiger partial charge is 0.358 e. The van der Waals surface area contributed by atoms with Gasteiger partial charge in [-0.25, -0.2) is 4.39 Å². The van der Waals surface area contributed by atoms with Crippen LogP contribution in [0.25, 0.3) is 0 Å². The molecule has 0 atom stereocenters. The highest BCUT2D eigenvalue weighted by Crippen LogP contribution is 2.29. The molecule has 0 spiro atoms. The molecule has 146 valence electrons. The maximum atomic E-state index is 14.0. The Morgan fingerprint density at radius 3 is 2.50 bits per heavy atom. The fourth-order valence-corrected chi connectivity index (χ4v) is 4.18. The number of nitrogens with zero attached hydrogens (tertiary/aromatic N) is 2. The van der Waals surface area contributed by atoms with Crippen molar-refractivity contribution in [3.05, 3.63) is 59.4 Å². The molecule has 1 amide bonds. The molecule has 2 aliphatic heterocycles. The van der Waals surface area contributed by atoms with Crippen molar-refractivity contribution in [3.8, 4) is 0 Å². The molecule has 2 heterocycles. The Balaban J connectivity index is 1.37. The summed E-state index contributed by atoms with van der Waals surface area (Å²) in [6.07, 6.45) is 0.796. The molecule has 4 rings (SSSR count). The molecule has 28 heavy (non-hydrogen) atoms. The number of piperazine rings is 1. The minimum Gasteiger partial charge on any atom is -0.358 e. The second-order valence-electron chi connectivity index (χ2n) is 7.55. The Hall–Kier alpha value is -2.73. The van der Waals surface area contributed by atoms with Crippen molar-refractivity contribution in [2.75, 3.05) is 49.1 Å². The van der Waals surface area contributed by atoms with E-state index in [0.29, 0.717) is 24.3 Å². The van der Waals surface area contributed by atoms with E-state index in [1.165, 1.54) is 11.0 Å². The van der Waals surface area contributed by atoms with Crippen LogP contribution >= 0.6 is 0 Å². The van der Waals surface area contributed by atoms with Gasteiger partial charge in [0.2, 0.25) is 11.7 Å². The summed E-state index contributed by atoms with van der Waals surface area (Å²) in [5.74, 6) is -0.0341. The molecule has 0 saturated carbocycles. The van der Waals surface area contributed by atoms with Crippen molar-refractivity contribution in [1.82, 2.24) is 0 Å². The lowest BCUT2D eigenvalue weighted by molar-refractivity contribution is -0.892. The molecule has 0 aliphatic carbocycles. The van der Waals surface area contributed by atoms with Crippen LogP contribution in [0.5, 0.6) is 0 Å². The summed E-state index contributed by atoms with van der Waals surface area (Å²) in [6.45, 7) is 5.79. The zero-order chi connectivity index (χ0) is 19.7. The molecule has 1 N–H and O–H groups in total. The Morgan fingerprint density at radius 1 is 1.04 bits per heavy atom. The van der Waals surface area contributed by atoms with Crippen molar-refractivity contribution in [2.45, 2.75) is 13.3 Å². The first kappa shape index (κ1) is 18.6. The Labute approximate surface area is 164 Å². The minimum atomic E-state index is -0.195. The van der Waals surface area contributed by atoms with Gasteiger partial charge in [0.25, 0.3) is 0 Å². The number of carbonyl (C=O) groups is 2. The van der Waals surface area contributed by atoms with E-state index in [1.54, 1.807) is 24.0 Å². The third kappa shape index (κ3) is 3.64. The van der Waals surface area contributed by atoms with E-state index in [0.717, 1.165) is 43.9 Å². The van der Waals surface area contributed by atoms with E-state index in [4.69, 9.17) is 0 Å². The van der Waals surface area contributed by atoms with Gasteiger partial charge in [-0.05, 0) is 42.3 Å². The van der Waals surface area contributed by atoms with E-state index in [-0.39, 0.29) is 17.5 Å². The molecule has 0 bridgehead atoms. The van der Waals surface area contributed by atoms with Gasteiger partial charge in [0.05, 0.1) is 31.9 Å². The number of quaternary nitrogens is 1. The summed E-state index contributed by atoms with van der Waals surface area (Å²) in [5, 5.41) is 0. The first-order chi connectivity index (χ1) is 13.5. The van der Waals surface area contributed by atoms with Gasteiger partial charge in [-0.2, -0.15) is 0 Å². The average molecular weight is 382 g/mol. The van der Waals surface area contributed by atoms with E-state index >= 15 is 0 Å². The number of anilines is 2. The van der Waals surface area contributed by atoms with Crippen LogP contribution in [0.3, 0.4) is 0 Å². The minimum absolute atomic E-state index is 0.0370. The summed E-state index contributed by atoms with van der Waals surface area (Å²) in [7, 11) is 0. The van der Waals surface area contributed by atoms with Crippen LogP contribution in [0.4, 0.5) is 15.8 Å². The Morgan fingerprint density at radius 2 is 1.79 bits per heavy atom. The second kappa shape index (κ2) is 7.72. The summed E-state index contributed by atoms with van der Waals surface area (Å²) in [5.41, 5.74) is 3.35. The number of nitrogens with one attached hydrogen (secondary N) is 1. The van der Waals surface area contributed by atoms with Crippen LogP contribution in [0.1, 0.15) is 22.8 Å². The molecule has 1 fully saturated rings. The van der Waals surface area contributed by atoms with Crippen molar-refractivity contribution in [2.24, 2.45) is 0 Å². The maximum Gasteiger partial charge on any atom is 0.223 e. The van der Waals surface area contributed by atoms with Crippen molar-refractivity contribution in [1.29, 1.82) is 0 Å². The first-order valence-electron chi connectivity index (χ1n) is 9.80. The highest BCUT2D eigenvalue weighted by Gasteiger charge is 2.26. The number of ketones is 1. The monoisotopic (exact) mass is 382 g/mol. The lowest BCUT2D eigenvalue weighted by atomic mass is 10.0. The molecular formula is C22H25FN3O2+. The lowest BCUT2D eigenvalue weighted by Crippen LogP contribution is -3.15. The summed E-state index contributed by atoms with van der Waals surface area (Å²) in [4.78, 5) is 29.5. The van der Waals surface area contributed by atoms with Gasteiger partial charge in [-0.3, -0.25) is 9.59 Å². The number of rotatable bonds is 4. The van der Waals surface area contributed by atoms with Gasteiger partial charge in [-0.15, -0.1) is 0 Å². The second-order valence-corrected chi connectivity index (χ2v) is 7.55. The number of hydrogen-bond donors (Lipinski definition) is 1. The van der Waals surface area contributed by atoms with Gasteiger partial charge >= 0.3 is 0 Å². The van der Waals surface area contributed by atoms with Crippen molar-refractivity contribution in [3.63, 3.8) is 0 Å². The number of para-hydroxylation sites is 1. The van der Waals surface area contributed by atoms with Crippen LogP contribution in [0.2, 0.25) is 0 Å². The van der Waals surface area contributed by atoms with Crippen LogP contribution in [-0.4, -0.2) is 51.0 Å². The molecule has 0 unspecified atom stereocenters. The zero-order valence-electron chi connectivity index (χ0n) is 16.1. The quantitative estimate of drug-likeness (QED) is 0.812. The zero-order valence-corrected chi connectivity index (χ0v) is 16.1. The first-order valence-corrected chi connectivity index (χ1v) is 9.80. The van der Waals surface area contributed by atoms with Crippen LogP contribution in [0.15, 0.2) is 42.5 Å². The average Bonchev–Trinajstić information content (AvgIpc) is 3.12. The Kier molecular flexibility index (Phi) is 5.13. The molecule has 5 nitrogen and oxygen atoms in total. The highest BCUT2D eigenvalue weighted by molar-refractivity contribution is 5.99. The van der Waals surface area contributed by atoms with E-state index in [9.17, 15) is 14.0 Å². The molecule has 2 aliphatic rings. The predicted octanol–water partition coefficient (Wildman–Crippen LogP) is 1.32. The van der Waals surface area contributed by atoms with Crippen LogP contribution in [-0.2, 0) is 11.2 Å². The molecule has 1 saturated heterocycles. The van der Waals surface area contributed by atoms with Crippen LogP contribution < -0.4 is 14.7 Å². The Bertz CT molecular complexity index is 906. The number of benzene rings is 2. The van der Waals surface area contributed by atoms with Crippen molar-refractivity contribution >= 4 is 23.1 Å². The normalized spacial score (nSPS) is 16.9. The SMILES string of the molecule is CC(=O)N1CCc2cc(C(=O)C[NH+]3CCN(c4ccccc4F)CC3)ccc21. The smallest absolute Gasteiger partial charge is 0.223 e. The van der Waals surface area contributed by atoms with Crippen LogP contribution in [0, 0.1) is 5.82 Å². The van der Waals surface area contributed by atoms with Gasteiger partial charge < -0.3 is 14.7 Å². The third-order valence-electron chi connectivity index (χ3n) is 5.75. The molecule has 6 heteroatoms. The number of hydrogen-bond acceptors (Lipinski definition) is 3. The standard InChI is InChI=1S/C22H24FN3O2/c1-16(27)26-9-8-17-14-18(6-7-20(17)26)22(28)15-24-10-12-25(13-11-24)21-5-3-2-4-19(21)23/h2-7,14H,8-13,15H2,1H3/p+1. The summed E-state index contributed by atoms with van der Waals surface area (Å²) < 4.78 is 14.0. The predicted molar refractivity (Wildman–Crippen MR) is 107 cm³/mol. The maximum absolute atomic E-state index is 14.0.